The molecule has 0 bridgehead atoms. The first kappa shape index (κ1) is 33.7. The second-order valence-corrected chi connectivity index (χ2v) is 11.0. The lowest BCUT2D eigenvalue weighted by atomic mass is 10.0. The van der Waals surface area contributed by atoms with Crippen LogP contribution in [0.2, 0.25) is 0 Å². The Hall–Kier alpha value is -4.48. The van der Waals surface area contributed by atoms with Gasteiger partial charge in [0.15, 0.2) is 10.8 Å². The number of alkyl carbamates (subject to hydrolysis) is 1. The molecule has 14 nitrogen and oxygen atoms in total. The molecule has 0 spiro atoms. The van der Waals surface area contributed by atoms with Gasteiger partial charge in [-0.3, -0.25) is 25.0 Å². The highest BCUT2D eigenvalue weighted by Crippen LogP contribution is 2.36. The van der Waals surface area contributed by atoms with E-state index < -0.39 is 81.5 Å². The van der Waals surface area contributed by atoms with Gasteiger partial charge in [0.2, 0.25) is 11.8 Å². The van der Waals surface area contributed by atoms with Crippen LogP contribution in [-0.2, 0) is 31.8 Å². The summed E-state index contributed by atoms with van der Waals surface area (Å²) in [5.41, 5.74) is -2.34. The molecule has 0 aliphatic rings. The van der Waals surface area contributed by atoms with Crippen molar-refractivity contribution in [3.05, 3.63) is 45.0 Å². The molecule has 18 heteroatoms. The maximum Gasteiger partial charge on any atom is 0.434 e. The molecule has 42 heavy (non-hydrogen) atoms. The van der Waals surface area contributed by atoms with Gasteiger partial charge in [0.25, 0.3) is 5.69 Å². The highest BCUT2D eigenvalue weighted by atomic mass is 32.1. The van der Waals surface area contributed by atoms with Crippen molar-refractivity contribution in [2.75, 3.05) is 17.2 Å². The molecule has 0 fully saturated rings. The number of nitro groups is 1. The third-order valence-corrected chi connectivity index (χ3v) is 5.86. The molecule has 0 saturated heterocycles. The summed E-state index contributed by atoms with van der Waals surface area (Å²) in [7, 11) is 0. The Labute approximate surface area is 241 Å². The lowest BCUT2D eigenvalue weighted by molar-refractivity contribution is -0.384. The Morgan fingerprint density at radius 3 is 2.19 bits per heavy atom. The second-order valence-electron chi connectivity index (χ2n) is 9.93. The van der Waals surface area contributed by atoms with Crippen LogP contribution < -0.4 is 21.3 Å². The molecule has 1 atom stereocenters. The zero-order valence-electron chi connectivity index (χ0n) is 23.1. The minimum absolute atomic E-state index is 0.0990. The molecule has 0 aliphatic carbocycles. The number of nitro benzene ring substituents is 1. The van der Waals surface area contributed by atoms with E-state index in [0.717, 1.165) is 12.1 Å². The second kappa shape index (κ2) is 13.9. The number of rotatable bonds is 10. The van der Waals surface area contributed by atoms with Crippen molar-refractivity contribution in [2.45, 2.75) is 59.0 Å². The van der Waals surface area contributed by atoms with E-state index in [0.29, 0.717) is 11.3 Å². The fourth-order valence-electron chi connectivity index (χ4n) is 3.09. The van der Waals surface area contributed by atoms with Crippen molar-refractivity contribution >= 4 is 51.8 Å². The van der Waals surface area contributed by atoms with E-state index >= 15 is 0 Å². The zero-order chi connectivity index (χ0) is 31.8. The van der Waals surface area contributed by atoms with Gasteiger partial charge >= 0.3 is 18.4 Å². The van der Waals surface area contributed by atoms with Crippen LogP contribution in [0.15, 0.2) is 24.3 Å². The number of hydrogen-bond donors (Lipinski definition) is 4. The number of thiazole rings is 1. The molecule has 0 aliphatic heterocycles. The first-order chi connectivity index (χ1) is 19.4. The van der Waals surface area contributed by atoms with Crippen LogP contribution in [-0.4, -0.2) is 52.1 Å². The fourth-order valence-corrected chi connectivity index (χ4v) is 4.00. The number of carbonyl (C=O) groups excluding carboxylic acids is 4. The quantitative estimate of drug-likeness (QED) is 0.220. The van der Waals surface area contributed by atoms with E-state index in [4.69, 9.17) is 9.47 Å². The largest absolute Gasteiger partial charge is 0.444 e. The molecule has 2 rings (SSSR count). The molecule has 4 N–H and O–H groups in total. The standard InChI is InChI=1S/C24H29F3N6O8S/c1-12(2)17(31-22(37)41-23(3,4)5)19(35)28-10-16(34)30-20-32-18(24(25,26)27)15(42-20)11-40-21(36)29-13-6-8-14(9-7-13)33(38)39/h6-9,12,17H,10-11H2,1-5H3,(H,28,35)(H,29,36)(H,31,37)(H,30,32,34). The molecule has 230 valence electrons. The smallest absolute Gasteiger partial charge is 0.434 e. The SMILES string of the molecule is CC(C)C(NC(=O)OC(C)(C)C)C(=O)NCC(=O)Nc1nc(C(F)(F)F)c(COC(=O)Nc2ccc([N+](=O)[O-])cc2)s1. The number of hydrogen-bond acceptors (Lipinski definition) is 10. The van der Waals surface area contributed by atoms with Gasteiger partial charge in [-0.1, -0.05) is 25.2 Å². The van der Waals surface area contributed by atoms with Crippen molar-refractivity contribution in [3.8, 4) is 0 Å². The first-order valence-electron chi connectivity index (χ1n) is 12.2. The third-order valence-electron chi connectivity index (χ3n) is 4.92. The number of alkyl halides is 3. The van der Waals surface area contributed by atoms with Crippen LogP contribution in [0, 0.1) is 16.0 Å². The number of aromatic nitrogens is 1. The van der Waals surface area contributed by atoms with E-state index in [-0.39, 0.29) is 11.4 Å². The van der Waals surface area contributed by atoms with Crippen LogP contribution in [0.25, 0.3) is 0 Å². The first-order valence-corrected chi connectivity index (χ1v) is 13.0. The molecule has 1 aromatic heterocycles. The molecule has 0 saturated carbocycles. The van der Waals surface area contributed by atoms with Gasteiger partial charge in [-0.25, -0.2) is 14.6 Å². The van der Waals surface area contributed by atoms with Crippen molar-refractivity contribution in [1.29, 1.82) is 0 Å². The Kier molecular flexibility index (Phi) is 11.2. The highest BCUT2D eigenvalue weighted by molar-refractivity contribution is 7.15. The van der Waals surface area contributed by atoms with Crippen LogP contribution in [0.3, 0.4) is 0 Å². The van der Waals surface area contributed by atoms with E-state index in [1.54, 1.807) is 34.6 Å². The summed E-state index contributed by atoms with van der Waals surface area (Å²) in [6, 6.07) is 3.56. The number of carbonyl (C=O) groups is 4. The average Bonchev–Trinajstić information content (AvgIpc) is 3.27. The number of halogens is 3. The maximum absolute atomic E-state index is 13.5. The summed E-state index contributed by atoms with van der Waals surface area (Å²) in [6.45, 7) is 6.69. The predicted octanol–water partition coefficient (Wildman–Crippen LogP) is 4.42. The van der Waals surface area contributed by atoms with Gasteiger partial charge in [-0.05, 0) is 38.8 Å². The molecule has 1 heterocycles. The van der Waals surface area contributed by atoms with E-state index in [1.165, 1.54) is 12.1 Å². The Bertz CT molecular complexity index is 1310. The van der Waals surface area contributed by atoms with Gasteiger partial charge in [-0.15, -0.1) is 0 Å². The molecular formula is C24H29F3N6O8S. The number of anilines is 2. The summed E-state index contributed by atoms with van der Waals surface area (Å²) in [5, 5.41) is 19.3. The number of non-ortho nitro benzene ring substituents is 1. The summed E-state index contributed by atoms with van der Waals surface area (Å²) >= 11 is 0.398. The zero-order valence-corrected chi connectivity index (χ0v) is 23.9. The topological polar surface area (TPSA) is 191 Å². The molecule has 1 aromatic carbocycles. The molecule has 4 amide bonds. The summed E-state index contributed by atoms with van der Waals surface area (Å²) in [6.07, 6.45) is -6.93. The Balaban J connectivity index is 1.99. The minimum Gasteiger partial charge on any atom is -0.444 e. The predicted molar refractivity (Wildman–Crippen MR) is 144 cm³/mol. The lowest BCUT2D eigenvalue weighted by Crippen LogP contribution is -2.52. The van der Waals surface area contributed by atoms with Crippen molar-refractivity contribution < 1.29 is 46.7 Å². The van der Waals surface area contributed by atoms with Crippen molar-refractivity contribution in [1.82, 2.24) is 15.6 Å². The van der Waals surface area contributed by atoms with Crippen molar-refractivity contribution in [2.24, 2.45) is 5.92 Å². The fraction of sp³-hybridized carbons (Fsp3) is 0.458. The monoisotopic (exact) mass is 618 g/mol. The van der Waals surface area contributed by atoms with Gasteiger partial charge in [0.05, 0.1) is 16.3 Å². The number of ether oxygens (including phenoxy) is 2. The van der Waals surface area contributed by atoms with E-state index in [9.17, 15) is 42.5 Å². The Morgan fingerprint density at radius 1 is 1.05 bits per heavy atom. The van der Waals surface area contributed by atoms with Gasteiger partial charge in [0.1, 0.15) is 18.2 Å². The summed E-state index contributed by atoms with van der Waals surface area (Å²) in [5.74, 6) is -2.03. The molecule has 1 unspecified atom stereocenters. The van der Waals surface area contributed by atoms with Crippen LogP contribution >= 0.6 is 11.3 Å². The van der Waals surface area contributed by atoms with Crippen molar-refractivity contribution in [3.63, 3.8) is 0 Å². The normalized spacial score (nSPS) is 12.2. The minimum atomic E-state index is -4.95. The van der Waals surface area contributed by atoms with Crippen LogP contribution in [0.4, 0.5) is 39.3 Å². The number of benzene rings is 1. The maximum atomic E-state index is 13.5. The lowest BCUT2D eigenvalue weighted by Gasteiger charge is -2.25. The number of nitrogens with zero attached hydrogens (tertiary/aromatic N) is 2. The van der Waals surface area contributed by atoms with Crippen LogP contribution in [0.5, 0.6) is 0 Å². The molecule has 0 radical (unpaired) electrons. The molecule has 2 aromatic rings. The van der Waals surface area contributed by atoms with Gasteiger partial charge in [-0.2, -0.15) is 13.2 Å². The van der Waals surface area contributed by atoms with Gasteiger partial charge in [0, 0.05) is 17.8 Å². The van der Waals surface area contributed by atoms with Crippen LogP contribution in [0.1, 0.15) is 45.2 Å². The van der Waals surface area contributed by atoms with Gasteiger partial charge < -0.3 is 25.4 Å². The Morgan fingerprint density at radius 2 is 1.67 bits per heavy atom. The third kappa shape index (κ3) is 10.8. The van der Waals surface area contributed by atoms with E-state index in [1.807, 2.05) is 0 Å². The summed E-state index contributed by atoms with van der Waals surface area (Å²) < 4.78 is 50.5. The average molecular weight is 619 g/mol. The number of amides is 4. The number of nitrogens with one attached hydrogen (secondary N) is 4. The highest BCUT2D eigenvalue weighted by Gasteiger charge is 2.38. The summed E-state index contributed by atoms with van der Waals surface area (Å²) in [4.78, 5) is 61.9. The molecular weight excluding hydrogens is 589 g/mol. The van der Waals surface area contributed by atoms with E-state index in [2.05, 4.69) is 26.3 Å².